The summed E-state index contributed by atoms with van der Waals surface area (Å²) in [4.78, 5) is 12.1. The number of hydrogen-bond acceptors (Lipinski definition) is 3. The van der Waals surface area contributed by atoms with Crippen LogP contribution >= 0.6 is 0 Å². The van der Waals surface area contributed by atoms with Gasteiger partial charge in [0.2, 0.25) is 0 Å². The van der Waals surface area contributed by atoms with Crippen molar-refractivity contribution in [1.82, 2.24) is 5.32 Å². The van der Waals surface area contributed by atoms with E-state index in [1.165, 1.54) is 6.42 Å². The lowest BCUT2D eigenvalue weighted by Crippen LogP contribution is -2.38. The van der Waals surface area contributed by atoms with Crippen LogP contribution in [-0.2, 0) is 9.53 Å². The summed E-state index contributed by atoms with van der Waals surface area (Å²) in [5.74, 6) is 0.0547. The van der Waals surface area contributed by atoms with E-state index in [-0.39, 0.29) is 17.5 Å². The second-order valence-corrected chi connectivity index (χ2v) is 4.92. The molecule has 0 radical (unpaired) electrons. The molecule has 1 unspecified atom stereocenters. The van der Waals surface area contributed by atoms with E-state index < -0.39 is 0 Å². The third-order valence-electron chi connectivity index (χ3n) is 3.73. The summed E-state index contributed by atoms with van der Waals surface area (Å²) in [6, 6.07) is 0. The van der Waals surface area contributed by atoms with Gasteiger partial charge in [0.25, 0.3) is 0 Å². The fourth-order valence-corrected chi connectivity index (χ4v) is 2.48. The quantitative estimate of drug-likeness (QED) is 0.721. The minimum Gasteiger partial charge on any atom is -0.462 e. The fraction of sp³-hybridized carbons (Fsp3) is 0.917. The molecule has 3 heteroatoms. The van der Waals surface area contributed by atoms with E-state index in [2.05, 4.69) is 12.2 Å². The van der Waals surface area contributed by atoms with Gasteiger partial charge in [-0.25, -0.2) is 0 Å². The zero-order valence-electron chi connectivity index (χ0n) is 9.55. The van der Waals surface area contributed by atoms with E-state index in [0.717, 1.165) is 45.2 Å². The molecule has 2 fully saturated rings. The van der Waals surface area contributed by atoms with Gasteiger partial charge < -0.3 is 10.1 Å². The Hall–Kier alpha value is -0.570. The van der Waals surface area contributed by atoms with E-state index in [0.29, 0.717) is 0 Å². The largest absolute Gasteiger partial charge is 0.462 e. The van der Waals surface area contributed by atoms with Crippen LogP contribution in [-0.4, -0.2) is 25.2 Å². The van der Waals surface area contributed by atoms with Crippen molar-refractivity contribution >= 4 is 5.97 Å². The van der Waals surface area contributed by atoms with Gasteiger partial charge in [-0.2, -0.15) is 0 Å². The van der Waals surface area contributed by atoms with Gasteiger partial charge in [-0.15, -0.1) is 0 Å². The van der Waals surface area contributed by atoms with Crippen LogP contribution in [0, 0.1) is 5.41 Å². The highest BCUT2D eigenvalue weighted by atomic mass is 16.5. The predicted molar refractivity (Wildman–Crippen MR) is 58.6 cm³/mol. The number of esters is 1. The molecule has 0 amide bonds. The maximum absolute atomic E-state index is 12.1. The van der Waals surface area contributed by atoms with Crippen LogP contribution in [0.3, 0.4) is 0 Å². The van der Waals surface area contributed by atoms with Crippen LogP contribution in [0.5, 0.6) is 0 Å². The first-order valence-electron chi connectivity index (χ1n) is 6.19. The van der Waals surface area contributed by atoms with Crippen LogP contribution in [0.2, 0.25) is 0 Å². The zero-order chi connectivity index (χ0) is 10.7. The number of nitrogens with one attached hydrogen (secondary N) is 1. The van der Waals surface area contributed by atoms with Crippen molar-refractivity contribution in [3.05, 3.63) is 0 Å². The first kappa shape index (κ1) is 10.9. The average molecular weight is 211 g/mol. The van der Waals surface area contributed by atoms with E-state index in [1.54, 1.807) is 0 Å². The monoisotopic (exact) mass is 211 g/mol. The topological polar surface area (TPSA) is 38.3 Å². The molecule has 1 N–H and O–H groups in total. The number of hydrogen-bond donors (Lipinski definition) is 1. The third kappa shape index (κ3) is 2.17. The third-order valence-corrected chi connectivity index (χ3v) is 3.73. The lowest BCUT2D eigenvalue weighted by atomic mass is 9.82. The second-order valence-electron chi connectivity index (χ2n) is 4.92. The molecule has 0 aromatic carbocycles. The lowest BCUT2D eigenvalue weighted by molar-refractivity contribution is -0.165. The Balaban J connectivity index is 1.93. The molecule has 0 aromatic rings. The molecule has 0 spiro atoms. The highest BCUT2D eigenvalue weighted by molar-refractivity contribution is 5.77. The molecule has 1 aliphatic carbocycles. The predicted octanol–water partition coefficient (Wildman–Crippen LogP) is 1.86. The average Bonchev–Trinajstić information content (AvgIpc) is 2.61. The molecule has 0 bridgehead atoms. The fourth-order valence-electron chi connectivity index (χ4n) is 2.48. The molecule has 1 heterocycles. The SMILES string of the molecule is CCCC1(C(=O)OC2CCC2)CCNC1. The van der Waals surface area contributed by atoms with Crippen molar-refractivity contribution in [1.29, 1.82) is 0 Å². The minimum atomic E-state index is -0.204. The van der Waals surface area contributed by atoms with Crippen molar-refractivity contribution in [2.75, 3.05) is 13.1 Å². The van der Waals surface area contributed by atoms with Gasteiger partial charge in [0, 0.05) is 6.54 Å². The van der Waals surface area contributed by atoms with Gasteiger partial charge >= 0.3 is 5.97 Å². The van der Waals surface area contributed by atoms with Crippen LogP contribution in [0.25, 0.3) is 0 Å². The van der Waals surface area contributed by atoms with Crippen LogP contribution in [0.1, 0.15) is 45.4 Å². The normalized spacial score (nSPS) is 31.3. The Kier molecular flexibility index (Phi) is 3.29. The lowest BCUT2D eigenvalue weighted by Gasteiger charge is -2.31. The van der Waals surface area contributed by atoms with Gasteiger partial charge in [0.05, 0.1) is 5.41 Å². The smallest absolute Gasteiger partial charge is 0.313 e. The first-order chi connectivity index (χ1) is 7.27. The first-order valence-corrected chi connectivity index (χ1v) is 6.19. The van der Waals surface area contributed by atoms with Gasteiger partial charge in [0.1, 0.15) is 6.10 Å². The summed E-state index contributed by atoms with van der Waals surface area (Å²) < 4.78 is 5.55. The maximum atomic E-state index is 12.1. The van der Waals surface area contributed by atoms with Gasteiger partial charge in [-0.05, 0) is 38.6 Å². The summed E-state index contributed by atoms with van der Waals surface area (Å²) in [6.45, 7) is 3.91. The zero-order valence-corrected chi connectivity index (χ0v) is 9.55. The molecule has 2 aliphatic rings. The Bertz CT molecular complexity index is 230. The molecule has 1 saturated carbocycles. The van der Waals surface area contributed by atoms with E-state index in [1.807, 2.05) is 0 Å². The molecular formula is C12H21NO2. The molecule has 3 nitrogen and oxygen atoms in total. The highest BCUT2D eigenvalue weighted by Gasteiger charge is 2.43. The molecule has 86 valence electrons. The molecule has 1 atom stereocenters. The number of carbonyl (C=O) groups excluding carboxylic acids is 1. The van der Waals surface area contributed by atoms with Crippen molar-refractivity contribution in [2.24, 2.45) is 5.41 Å². The summed E-state index contributed by atoms with van der Waals surface area (Å²) in [6.07, 6.45) is 6.56. The van der Waals surface area contributed by atoms with Crippen molar-refractivity contribution in [2.45, 2.75) is 51.6 Å². The van der Waals surface area contributed by atoms with Crippen LogP contribution < -0.4 is 5.32 Å². The second kappa shape index (κ2) is 4.52. The summed E-state index contributed by atoms with van der Waals surface area (Å²) in [5.41, 5.74) is -0.204. The molecule has 1 aliphatic heterocycles. The molecule has 1 saturated heterocycles. The maximum Gasteiger partial charge on any atom is 0.313 e. The van der Waals surface area contributed by atoms with Crippen LogP contribution in [0.4, 0.5) is 0 Å². The summed E-state index contributed by atoms with van der Waals surface area (Å²) >= 11 is 0. The van der Waals surface area contributed by atoms with Gasteiger partial charge in [-0.3, -0.25) is 4.79 Å². The number of carbonyl (C=O) groups is 1. The van der Waals surface area contributed by atoms with E-state index >= 15 is 0 Å². The minimum absolute atomic E-state index is 0.0547. The Morgan fingerprint density at radius 3 is 2.80 bits per heavy atom. The Labute approximate surface area is 91.6 Å². The molecular weight excluding hydrogens is 190 g/mol. The van der Waals surface area contributed by atoms with Crippen molar-refractivity contribution in [3.8, 4) is 0 Å². The van der Waals surface area contributed by atoms with E-state index in [9.17, 15) is 4.79 Å². The molecule has 15 heavy (non-hydrogen) atoms. The van der Waals surface area contributed by atoms with Gasteiger partial charge in [0.15, 0.2) is 0 Å². The highest BCUT2D eigenvalue weighted by Crippen LogP contribution is 2.34. The molecule has 0 aromatic heterocycles. The standard InChI is InChI=1S/C12H21NO2/c1-2-6-12(7-8-13-9-12)11(14)15-10-4-3-5-10/h10,13H,2-9H2,1H3. The number of rotatable bonds is 4. The van der Waals surface area contributed by atoms with Crippen molar-refractivity contribution in [3.63, 3.8) is 0 Å². The van der Waals surface area contributed by atoms with Crippen LogP contribution in [0.15, 0.2) is 0 Å². The van der Waals surface area contributed by atoms with Crippen molar-refractivity contribution < 1.29 is 9.53 Å². The summed E-state index contributed by atoms with van der Waals surface area (Å²) in [7, 11) is 0. The van der Waals surface area contributed by atoms with E-state index in [4.69, 9.17) is 4.74 Å². The van der Waals surface area contributed by atoms with Gasteiger partial charge in [-0.1, -0.05) is 13.3 Å². The summed E-state index contributed by atoms with van der Waals surface area (Å²) in [5, 5.41) is 3.29. The Morgan fingerprint density at radius 2 is 2.33 bits per heavy atom. The molecule has 2 rings (SSSR count). The number of ether oxygens (including phenoxy) is 1. The Morgan fingerprint density at radius 1 is 1.53 bits per heavy atom.